The number of hydrogen-bond acceptors (Lipinski definition) is 4. The largest absolute Gasteiger partial charge is 0.507 e. The molecule has 2 heterocycles. The summed E-state index contributed by atoms with van der Waals surface area (Å²) in [4.78, 5) is 15.0. The van der Waals surface area contributed by atoms with Crippen molar-refractivity contribution < 1.29 is 9.52 Å². The zero-order chi connectivity index (χ0) is 20.1. The van der Waals surface area contributed by atoms with Crippen LogP contribution in [0.2, 0.25) is 0 Å². The number of rotatable bonds is 8. The Morgan fingerprint density at radius 3 is 2.43 bits per heavy atom. The molecule has 0 bridgehead atoms. The van der Waals surface area contributed by atoms with Crippen molar-refractivity contribution in [2.24, 2.45) is 0 Å². The van der Waals surface area contributed by atoms with Crippen molar-refractivity contribution in [2.45, 2.75) is 58.8 Å². The van der Waals surface area contributed by atoms with Gasteiger partial charge in [-0.1, -0.05) is 50.1 Å². The van der Waals surface area contributed by atoms with Crippen LogP contribution in [0.25, 0.3) is 0 Å². The van der Waals surface area contributed by atoms with E-state index in [1.165, 1.54) is 16.0 Å². The minimum absolute atomic E-state index is 0.0408. The van der Waals surface area contributed by atoms with Crippen LogP contribution in [0.15, 0.2) is 51.7 Å². The molecule has 0 amide bonds. The first-order valence-corrected chi connectivity index (χ1v) is 10.8. The summed E-state index contributed by atoms with van der Waals surface area (Å²) < 4.78 is 5.65. The maximum atomic E-state index is 12.6. The van der Waals surface area contributed by atoms with E-state index in [-0.39, 0.29) is 11.7 Å². The highest BCUT2D eigenvalue weighted by atomic mass is 32.1. The van der Waals surface area contributed by atoms with Crippen molar-refractivity contribution in [2.75, 3.05) is 0 Å². The third-order valence-electron chi connectivity index (χ3n) is 5.11. The van der Waals surface area contributed by atoms with Crippen molar-refractivity contribution >= 4 is 11.3 Å². The second-order valence-corrected chi connectivity index (χ2v) is 8.64. The fraction of sp³-hybridized carbons (Fsp3) is 0.375. The lowest BCUT2D eigenvalue weighted by Gasteiger charge is -2.15. The van der Waals surface area contributed by atoms with E-state index in [0.717, 1.165) is 30.6 Å². The van der Waals surface area contributed by atoms with Crippen LogP contribution in [0.3, 0.4) is 0 Å². The lowest BCUT2D eigenvalue weighted by molar-refractivity contribution is 0.387. The molecule has 4 heteroatoms. The molecule has 1 aromatic carbocycles. The van der Waals surface area contributed by atoms with E-state index in [1.54, 1.807) is 17.4 Å². The molecule has 3 nitrogen and oxygen atoms in total. The topological polar surface area (TPSA) is 50.4 Å². The Labute approximate surface area is 170 Å². The third-order valence-corrected chi connectivity index (χ3v) is 6.25. The van der Waals surface area contributed by atoms with E-state index in [0.29, 0.717) is 17.7 Å². The summed E-state index contributed by atoms with van der Waals surface area (Å²) in [6, 6.07) is 14.2. The molecule has 0 aliphatic heterocycles. The molecule has 148 valence electrons. The third kappa shape index (κ3) is 4.93. The molecule has 1 atom stereocenters. The van der Waals surface area contributed by atoms with Gasteiger partial charge in [0, 0.05) is 28.2 Å². The smallest absolute Gasteiger partial charge is 0.343 e. The molecule has 0 saturated carbocycles. The molecule has 0 saturated heterocycles. The van der Waals surface area contributed by atoms with Crippen molar-refractivity contribution in [3.63, 3.8) is 0 Å². The van der Waals surface area contributed by atoms with Gasteiger partial charge in [-0.3, -0.25) is 0 Å². The fourth-order valence-corrected chi connectivity index (χ4v) is 4.55. The first-order chi connectivity index (χ1) is 13.5. The minimum Gasteiger partial charge on any atom is -0.507 e. The standard InChI is InChI=1S/C24H28O3S/c1-4-6-19-11-12-20(28-19)14-21-22(25)15-23(27-24(21)26)18(5-2)13-17-9-7-16(3)8-10-17/h7-12,15,18,25H,4-6,13-14H2,1-3H3. The predicted octanol–water partition coefficient (Wildman–Crippen LogP) is 5.99. The molecule has 3 rings (SSSR count). The molecular weight excluding hydrogens is 368 g/mol. The maximum absolute atomic E-state index is 12.6. The molecule has 0 fully saturated rings. The number of aryl methyl sites for hydroxylation is 2. The Kier molecular flexibility index (Phi) is 6.74. The highest BCUT2D eigenvalue weighted by Crippen LogP contribution is 2.29. The van der Waals surface area contributed by atoms with Gasteiger partial charge in [0.25, 0.3) is 0 Å². The van der Waals surface area contributed by atoms with E-state index in [9.17, 15) is 9.90 Å². The Balaban J connectivity index is 1.81. The normalized spacial score (nSPS) is 12.2. The van der Waals surface area contributed by atoms with Crippen LogP contribution in [0, 0.1) is 6.92 Å². The Bertz CT molecular complexity index is 966. The molecule has 0 radical (unpaired) electrons. The summed E-state index contributed by atoms with van der Waals surface area (Å²) >= 11 is 1.70. The first-order valence-electron chi connectivity index (χ1n) is 9.99. The van der Waals surface area contributed by atoms with Gasteiger partial charge in [-0.25, -0.2) is 4.79 Å². The van der Waals surface area contributed by atoms with Crippen LogP contribution in [0.5, 0.6) is 5.75 Å². The second-order valence-electron chi connectivity index (χ2n) is 7.39. The van der Waals surface area contributed by atoms with E-state index in [2.05, 4.69) is 51.1 Å². The van der Waals surface area contributed by atoms with E-state index in [4.69, 9.17) is 4.42 Å². The number of hydrogen-bond donors (Lipinski definition) is 1. The average Bonchev–Trinajstić information content (AvgIpc) is 3.11. The van der Waals surface area contributed by atoms with Gasteiger partial charge in [-0.15, -0.1) is 11.3 Å². The predicted molar refractivity (Wildman–Crippen MR) is 116 cm³/mol. The van der Waals surface area contributed by atoms with Gasteiger partial charge in [-0.2, -0.15) is 0 Å². The summed E-state index contributed by atoms with van der Waals surface area (Å²) in [7, 11) is 0. The number of aromatic hydroxyl groups is 1. The van der Waals surface area contributed by atoms with Gasteiger partial charge in [0.15, 0.2) is 0 Å². The average molecular weight is 397 g/mol. The Hall–Kier alpha value is -2.33. The maximum Gasteiger partial charge on any atom is 0.343 e. The first kappa shape index (κ1) is 20.4. The quantitative estimate of drug-likeness (QED) is 0.508. The summed E-state index contributed by atoms with van der Waals surface area (Å²) in [5, 5.41) is 10.5. The molecule has 2 aromatic heterocycles. The summed E-state index contributed by atoms with van der Waals surface area (Å²) in [6.07, 6.45) is 4.17. The van der Waals surface area contributed by atoms with Gasteiger partial charge >= 0.3 is 5.63 Å². The number of thiophene rings is 1. The highest BCUT2D eigenvalue weighted by Gasteiger charge is 2.19. The van der Waals surface area contributed by atoms with Gasteiger partial charge < -0.3 is 9.52 Å². The van der Waals surface area contributed by atoms with Gasteiger partial charge in [0.2, 0.25) is 0 Å². The molecule has 1 unspecified atom stereocenters. The van der Waals surface area contributed by atoms with Crippen molar-refractivity contribution in [1.82, 2.24) is 0 Å². The van der Waals surface area contributed by atoms with Gasteiger partial charge in [0.1, 0.15) is 11.5 Å². The van der Waals surface area contributed by atoms with E-state index in [1.807, 2.05) is 6.07 Å². The lowest BCUT2D eigenvalue weighted by atomic mass is 9.93. The van der Waals surface area contributed by atoms with E-state index < -0.39 is 5.63 Å². The van der Waals surface area contributed by atoms with Crippen LogP contribution in [-0.4, -0.2) is 5.11 Å². The Morgan fingerprint density at radius 1 is 1.07 bits per heavy atom. The molecule has 0 aliphatic carbocycles. The second kappa shape index (κ2) is 9.24. The van der Waals surface area contributed by atoms with Crippen LogP contribution in [0.1, 0.15) is 64.8 Å². The zero-order valence-electron chi connectivity index (χ0n) is 16.8. The monoisotopic (exact) mass is 396 g/mol. The Morgan fingerprint density at radius 2 is 1.79 bits per heavy atom. The van der Waals surface area contributed by atoms with Crippen LogP contribution in [-0.2, 0) is 19.3 Å². The van der Waals surface area contributed by atoms with Crippen molar-refractivity contribution in [3.8, 4) is 5.75 Å². The molecule has 1 N–H and O–H groups in total. The highest BCUT2D eigenvalue weighted by molar-refractivity contribution is 7.12. The van der Waals surface area contributed by atoms with Crippen LogP contribution in [0.4, 0.5) is 0 Å². The molecule has 3 aromatic rings. The summed E-state index contributed by atoms with van der Waals surface area (Å²) in [5.74, 6) is 0.666. The molecule has 28 heavy (non-hydrogen) atoms. The summed E-state index contributed by atoms with van der Waals surface area (Å²) in [6.45, 7) is 6.29. The summed E-state index contributed by atoms with van der Waals surface area (Å²) in [5.41, 5.74) is 2.34. The van der Waals surface area contributed by atoms with E-state index >= 15 is 0 Å². The SMILES string of the molecule is CCCc1ccc(Cc2c(O)cc(C(CC)Cc3ccc(C)cc3)oc2=O)s1. The van der Waals surface area contributed by atoms with Crippen LogP contribution >= 0.6 is 11.3 Å². The van der Waals surface area contributed by atoms with Gasteiger partial charge in [-0.05, 0) is 43.9 Å². The minimum atomic E-state index is -0.428. The molecular formula is C24H28O3S. The van der Waals surface area contributed by atoms with Crippen LogP contribution < -0.4 is 5.63 Å². The molecule has 0 aliphatic rings. The zero-order valence-corrected chi connectivity index (χ0v) is 17.6. The lowest BCUT2D eigenvalue weighted by Crippen LogP contribution is -2.12. The van der Waals surface area contributed by atoms with Crippen molar-refractivity contribution in [1.29, 1.82) is 0 Å². The molecule has 0 spiro atoms. The van der Waals surface area contributed by atoms with Gasteiger partial charge in [0.05, 0.1) is 5.56 Å². The number of benzene rings is 1. The fourth-order valence-electron chi connectivity index (χ4n) is 3.42. The van der Waals surface area contributed by atoms with Crippen molar-refractivity contribution in [3.05, 3.63) is 85.1 Å².